The molecule has 35 heavy (non-hydrogen) atoms. The van der Waals surface area contributed by atoms with Crippen LogP contribution in [0.15, 0.2) is 24.3 Å². The third-order valence-electron chi connectivity index (χ3n) is 5.69. The Labute approximate surface area is 208 Å². The second-order valence-corrected chi connectivity index (χ2v) is 11.1. The third-order valence-corrected chi connectivity index (χ3v) is 7.59. The van der Waals surface area contributed by atoms with E-state index in [-0.39, 0.29) is 41.2 Å². The van der Waals surface area contributed by atoms with Crippen LogP contribution in [0.25, 0.3) is 0 Å². The third kappa shape index (κ3) is 6.94. The van der Waals surface area contributed by atoms with Gasteiger partial charge in [0.15, 0.2) is 11.9 Å². The van der Waals surface area contributed by atoms with Crippen molar-refractivity contribution in [2.24, 2.45) is 5.92 Å². The van der Waals surface area contributed by atoms with E-state index in [0.29, 0.717) is 12.8 Å². The minimum atomic E-state index is -4.83. The minimum Gasteiger partial charge on any atom is -0.479 e. The number of halogens is 4. The molecule has 1 aromatic rings. The largest absolute Gasteiger partial charge is 0.479 e. The summed E-state index contributed by atoms with van der Waals surface area (Å²) in [5, 5.41) is 4.27. The molecule has 1 heterocycles. The van der Waals surface area contributed by atoms with Gasteiger partial charge in [0.1, 0.15) is 5.75 Å². The van der Waals surface area contributed by atoms with Gasteiger partial charge in [0.05, 0.1) is 23.9 Å². The Hall–Kier alpha value is -1.74. The number of ether oxygens (including phenoxy) is 1. The molecule has 2 N–H and O–H groups in total. The fourth-order valence-corrected chi connectivity index (χ4v) is 5.02. The van der Waals surface area contributed by atoms with Crippen LogP contribution in [-0.2, 0) is 19.2 Å². The highest BCUT2D eigenvalue weighted by Crippen LogP contribution is 2.51. The van der Waals surface area contributed by atoms with E-state index in [1.807, 2.05) is 19.2 Å². The van der Waals surface area contributed by atoms with Crippen LogP contribution in [0.4, 0.5) is 23.7 Å². The van der Waals surface area contributed by atoms with Gasteiger partial charge in [-0.1, -0.05) is 44.4 Å². The second kappa shape index (κ2) is 11.5. The lowest BCUT2D eigenvalue weighted by atomic mass is 9.85. The van der Waals surface area contributed by atoms with Crippen LogP contribution < -0.4 is 15.4 Å². The summed E-state index contributed by atoms with van der Waals surface area (Å²) in [6.45, 7) is 4.34. The molecule has 1 atom stereocenters. The van der Waals surface area contributed by atoms with Crippen molar-refractivity contribution < 1.29 is 36.3 Å². The number of rotatable bonds is 13. The van der Waals surface area contributed by atoms with E-state index < -0.39 is 31.7 Å². The first-order chi connectivity index (χ1) is 16.5. The van der Waals surface area contributed by atoms with E-state index in [2.05, 4.69) is 5.32 Å². The average molecular weight is 539 g/mol. The fraction of sp³-hybridized carbons (Fsp3) is 0.609. The number of urea groups is 1. The minimum absolute atomic E-state index is 0.0479. The number of fused-ring (bicyclic) bond motifs is 1. The summed E-state index contributed by atoms with van der Waals surface area (Å²) in [4.78, 5) is 12.2. The van der Waals surface area contributed by atoms with E-state index in [0.717, 1.165) is 37.8 Å². The maximum atomic E-state index is 14.3. The Balaban J connectivity index is 1.88. The van der Waals surface area contributed by atoms with Gasteiger partial charge in [-0.05, 0) is 43.7 Å². The van der Waals surface area contributed by atoms with Crippen molar-refractivity contribution in [3.63, 3.8) is 0 Å². The molecule has 0 spiro atoms. The Morgan fingerprint density at radius 1 is 1.17 bits per heavy atom. The molecule has 2 aliphatic rings. The Morgan fingerprint density at radius 2 is 1.80 bits per heavy atom. The normalized spacial score (nSPS) is 20.5. The van der Waals surface area contributed by atoms with Crippen molar-refractivity contribution >= 4 is 30.9 Å². The predicted octanol–water partition coefficient (Wildman–Crippen LogP) is 7.36. The lowest BCUT2D eigenvalue weighted by Gasteiger charge is -2.39. The standard InChI is InChI=1S/C23H31ClF3N2O5P/c1-3-5-11-33-35(31,34-12-6-4-2)15-32-20-14-19-17(13-18(20)24)22(23(25,26)27,29-21(30)28-19)10-9-16-7-8-16/h9-10,13-14,16H,3-8,11-12,15H2,1-2H3,(H2,28,29,30)/b10-9+/t22-/m0/s1. The number of alkyl halides is 3. The summed E-state index contributed by atoms with van der Waals surface area (Å²) in [6.07, 6.45) is 1.77. The quantitative estimate of drug-likeness (QED) is 0.156. The molecule has 1 aliphatic heterocycles. The van der Waals surface area contributed by atoms with E-state index in [1.54, 1.807) is 0 Å². The average Bonchev–Trinajstić information content (AvgIpc) is 3.61. The summed E-state index contributed by atoms with van der Waals surface area (Å²) in [5.74, 6) is 0.00498. The zero-order valence-electron chi connectivity index (χ0n) is 19.8. The number of benzene rings is 1. The van der Waals surface area contributed by atoms with Gasteiger partial charge in [-0.3, -0.25) is 4.57 Å². The van der Waals surface area contributed by atoms with Crippen LogP contribution >= 0.6 is 19.2 Å². The maximum Gasteiger partial charge on any atom is 0.419 e. The Morgan fingerprint density at radius 3 is 2.34 bits per heavy atom. The smallest absolute Gasteiger partial charge is 0.419 e. The van der Waals surface area contributed by atoms with Crippen LogP contribution in [0.1, 0.15) is 57.9 Å². The van der Waals surface area contributed by atoms with Crippen molar-refractivity contribution in [1.29, 1.82) is 0 Å². The number of carbonyl (C=O) groups is 1. The van der Waals surface area contributed by atoms with Crippen molar-refractivity contribution in [3.05, 3.63) is 34.9 Å². The van der Waals surface area contributed by atoms with Gasteiger partial charge in [-0.2, -0.15) is 13.2 Å². The highest BCUT2D eigenvalue weighted by molar-refractivity contribution is 7.53. The number of amides is 2. The van der Waals surface area contributed by atoms with Crippen molar-refractivity contribution in [3.8, 4) is 5.75 Å². The van der Waals surface area contributed by atoms with E-state index >= 15 is 0 Å². The Kier molecular flexibility index (Phi) is 9.18. The van der Waals surface area contributed by atoms with Gasteiger partial charge in [0.2, 0.25) is 0 Å². The molecule has 1 fully saturated rings. The van der Waals surface area contributed by atoms with Gasteiger partial charge >= 0.3 is 19.8 Å². The molecule has 1 saturated carbocycles. The number of hydrogen-bond donors (Lipinski definition) is 2. The monoisotopic (exact) mass is 538 g/mol. The molecule has 1 aromatic carbocycles. The predicted molar refractivity (Wildman–Crippen MR) is 128 cm³/mol. The van der Waals surface area contributed by atoms with Crippen molar-refractivity contribution in [2.45, 2.75) is 64.1 Å². The summed E-state index contributed by atoms with van der Waals surface area (Å²) >= 11 is 6.30. The molecule has 3 rings (SSSR count). The van der Waals surface area contributed by atoms with Crippen LogP contribution in [-0.4, -0.2) is 31.8 Å². The zero-order chi connectivity index (χ0) is 25.7. The van der Waals surface area contributed by atoms with Gasteiger partial charge in [-0.25, -0.2) is 4.79 Å². The molecular weight excluding hydrogens is 508 g/mol. The van der Waals surface area contributed by atoms with Crippen molar-refractivity contribution in [2.75, 3.05) is 24.9 Å². The SMILES string of the molecule is CCCCOP(=O)(COc1cc2c(cc1Cl)[C@@](/C=C/C1CC1)(C(F)(F)F)NC(=O)N2)OCCCC. The van der Waals surface area contributed by atoms with Gasteiger partial charge in [-0.15, -0.1) is 0 Å². The highest BCUT2D eigenvalue weighted by Gasteiger charge is 2.58. The topological polar surface area (TPSA) is 85.9 Å². The molecule has 2 amide bonds. The molecule has 7 nitrogen and oxygen atoms in total. The zero-order valence-corrected chi connectivity index (χ0v) is 21.4. The lowest BCUT2D eigenvalue weighted by Crippen LogP contribution is -2.58. The molecular formula is C23H31ClF3N2O5P. The highest BCUT2D eigenvalue weighted by atomic mass is 35.5. The first kappa shape index (κ1) is 27.8. The number of carbonyl (C=O) groups excluding carboxylic acids is 1. The number of anilines is 1. The first-order valence-electron chi connectivity index (χ1n) is 11.7. The van der Waals surface area contributed by atoms with Crippen LogP contribution in [0.3, 0.4) is 0 Å². The fourth-order valence-electron chi connectivity index (χ4n) is 3.47. The molecule has 196 valence electrons. The van der Waals surface area contributed by atoms with E-state index in [4.69, 9.17) is 25.4 Å². The lowest BCUT2D eigenvalue weighted by molar-refractivity contribution is -0.181. The number of hydrogen-bond acceptors (Lipinski definition) is 5. The van der Waals surface area contributed by atoms with Gasteiger partial charge < -0.3 is 24.4 Å². The summed E-state index contributed by atoms with van der Waals surface area (Å²) in [7, 11) is -3.64. The molecule has 12 heteroatoms. The summed E-state index contributed by atoms with van der Waals surface area (Å²) in [5.41, 5.74) is -3.11. The number of nitrogens with one attached hydrogen (secondary N) is 2. The maximum absolute atomic E-state index is 14.3. The van der Waals surface area contributed by atoms with E-state index in [9.17, 15) is 22.5 Å². The molecule has 0 aromatic heterocycles. The first-order valence-corrected chi connectivity index (χ1v) is 13.8. The van der Waals surface area contributed by atoms with Crippen molar-refractivity contribution in [1.82, 2.24) is 5.32 Å². The summed E-state index contributed by atoms with van der Waals surface area (Å²) in [6, 6.07) is 1.29. The number of unbranched alkanes of at least 4 members (excludes halogenated alkanes) is 2. The van der Waals surface area contributed by atoms with Gasteiger partial charge in [0, 0.05) is 11.6 Å². The molecule has 0 saturated heterocycles. The van der Waals surface area contributed by atoms with Crippen LogP contribution in [0.5, 0.6) is 5.75 Å². The second-order valence-electron chi connectivity index (χ2n) is 8.67. The Bertz CT molecular complexity index is 973. The number of allylic oxidation sites excluding steroid dienone is 1. The van der Waals surface area contributed by atoms with Crippen LogP contribution in [0.2, 0.25) is 5.02 Å². The van der Waals surface area contributed by atoms with Gasteiger partial charge in [0.25, 0.3) is 0 Å². The molecule has 0 unspecified atom stereocenters. The van der Waals surface area contributed by atoms with Crippen LogP contribution in [0, 0.1) is 5.92 Å². The van der Waals surface area contributed by atoms with E-state index in [1.165, 1.54) is 12.1 Å². The summed E-state index contributed by atoms with van der Waals surface area (Å²) < 4.78 is 72.6. The molecule has 0 radical (unpaired) electrons. The molecule has 1 aliphatic carbocycles. The molecule has 0 bridgehead atoms.